The van der Waals surface area contributed by atoms with Crippen molar-refractivity contribution in [3.8, 4) is 0 Å². The minimum atomic E-state index is -0.502. The Hall–Kier alpha value is -2.28. The molecule has 6 nitrogen and oxygen atoms in total. The number of carbonyl (C=O) groups is 1. The smallest absolute Gasteiger partial charge is 0.230 e. The van der Waals surface area contributed by atoms with Gasteiger partial charge in [-0.2, -0.15) is 0 Å². The molecule has 21 heavy (non-hydrogen) atoms. The third-order valence-corrected chi connectivity index (χ3v) is 3.34. The quantitative estimate of drug-likeness (QED) is 0.729. The second kappa shape index (κ2) is 7.49. The second-order valence-corrected chi connectivity index (χ2v) is 5.07. The summed E-state index contributed by atoms with van der Waals surface area (Å²) in [6.07, 6.45) is 3.83. The van der Waals surface area contributed by atoms with Gasteiger partial charge in [-0.05, 0) is 12.0 Å². The van der Waals surface area contributed by atoms with Gasteiger partial charge >= 0.3 is 0 Å². The molecule has 0 aliphatic carbocycles. The fourth-order valence-electron chi connectivity index (χ4n) is 1.94. The van der Waals surface area contributed by atoms with E-state index < -0.39 is 5.92 Å². The van der Waals surface area contributed by atoms with E-state index in [1.54, 1.807) is 17.1 Å². The minimum Gasteiger partial charge on any atom is -0.393 e. The van der Waals surface area contributed by atoms with Crippen molar-refractivity contribution in [2.45, 2.75) is 13.0 Å². The third kappa shape index (κ3) is 4.64. The third-order valence-electron chi connectivity index (χ3n) is 3.05. The van der Waals surface area contributed by atoms with Crippen LogP contribution < -0.4 is 11.1 Å². The first-order valence-electron chi connectivity index (χ1n) is 6.62. The van der Waals surface area contributed by atoms with E-state index in [1.165, 1.54) is 0 Å². The van der Waals surface area contributed by atoms with Gasteiger partial charge in [-0.25, -0.2) is 0 Å². The highest BCUT2D eigenvalue weighted by Crippen LogP contribution is 2.09. The van der Waals surface area contributed by atoms with Crippen LogP contribution in [-0.2, 0) is 17.8 Å². The van der Waals surface area contributed by atoms with Gasteiger partial charge in [-0.15, -0.1) is 5.10 Å². The average Bonchev–Trinajstić information content (AvgIpc) is 2.98. The number of carbonyl (C=O) groups excluding carboxylic acids is 1. The molecule has 1 amide bonds. The lowest BCUT2D eigenvalue weighted by Crippen LogP contribution is -2.40. The summed E-state index contributed by atoms with van der Waals surface area (Å²) in [6.45, 7) is 1.01. The molecule has 0 radical (unpaired) electrons. The highest BCUT2D eigenvalue weighted by molar-refractivity contribution is 7.80. The molecule has 0 saturated carbocycles. The molecule has 0 fully saturated rings. The van der Waals surface area contributed by atoms with Gasteiger partial charge in [0.2, 0.25) is 5.91 Å². The van der Waals surface area contributed by atoms with E-state index in [2.05, 4.69) is 15.6 Å². The van der Waals surface area contributed by atoms with Crippen molar-refractivity contribution in [2.24, 2.45) is 11.7 Å². The molecule has 1 aromatic carbocycles. The number of rotatable bonds is 7. The van der Waals surface area contributed by atoms with Crippen molar-refractivity contribution in [3.05, 3.63) is 48.3 Å². The Morgan fingerprint density at radius 2 is 2.14 bits per heavy atom. The zero-order valence-corrected chi connectivity index (χ0v) is 12.3. The van der Waals surface area contributed by atoms with Crippen LogP contribution in [0.1, 0.15) is 5.56 Å². The van der Waals surface area contributed by atoms with Crippen molar-refractivity contribution < 1.29 is 4.79 Å². The van der Waals surface area contributed by atoms with E-state index in [0.29, 0.717) is 19.5 Å². The molecule has 2 rings (SSSR count). The van der Waals surface area contributed by atoms with E-state index in [1.807, 2.05) is 30.3 Å². The van der Waals surface area contributed by atoms with Crippen LogP contribution in [0.15, 0.2) is 42.7 Å². The van der Waals surface area contributed by atoms with Crippen molar-refractivity contribution in [2.75, 3.05) is 6.54 Å². The fraction of sp³-hybridized carbons (Fsp3) is 0.286. The SMILES string of the molecule is NC(=S)C(Cc1ccccc1)C(=O)NCCn1ccnn1. The van der Waals surface area contributed by atoms with Gasteiger partial charge in [-0.1, -0.05) is 47.8 Å². The van der Waals surface area contributed by atoms with Gasteiger partial charge in [0.1, 0.15) is 0 Å². The van der Waals surface area contributed by atoms with Gasteiger partial charge in [0.15, 0.2) is 0 Å². The first-order chi connectivity index (χ1) is 10.2. The fourth-order valence-corrected chi connectivity index (χ4v) is 2.13. The van der Waals surface area contributed by atoms with Crippen LogP contribution in [-0.4, -0.2) is 32.4 Å². The predicted molar refractivity (Wildman–Crippen MR) is 83.5 cm³/mol. The Labute approximate surface area is 128 Å². The van der Waals surface area contributed by atoms with Crippen LogP contribution in [0, 0.1) is 5.92 Å². The number of hydrogen-bond acceptors (Lipinski definition) is 4. The van der Waals surface area contributed by atoms with E-state index in [4.69, 9.17) is 18.0 Å². The second-order valence-electron chi connectivity index (χ2n) is 4.60. The number of nitrogens with one attached hydrogen (secondary N) is 1. The Morgan fingerprint density at radius 3 is 2.76 bits per heavy atom. The summed E-state index contributed by atoms with van der Waals surface area (Å²) in [7, 11) is 0. The van der Waals surface area contributed by atoms with Crippen molar-refractivity contribution in [1.29, 1.82) is 0 Å². The Kier molecular flexibility index (Phi) is 5.39. The average molecular weight is 303 g/mol. The van der Waals surface area contributed by atoms with Gasteiger partial charge in [0.25, 0.3) is 0 Å². The number of nitrogens with two attached hydrogens (primary N) is 1. The normalized spacial score (nSPS) is 11.8. The molecule has 2 aromatic rings. The highest BCUT2D eigenvalue weighted by Gasteiger charge is 2.21. The molecule has 110 valence electrons. The number of amides is 1. The predicted octanol–water partition coefficient (Wildman–Crippen LogP) is 0.539. The molecule has 1 unspecified atom stereocenters. The monoisotopic (exact) mass is 303 g/mol. The maximum absolute atomic E-state index is 12.2. The molecular formula is C14H17N5OS. The molecule has 0 aliphatic rings. The van der Waals surface area contributed by atoms with Crippen molar-refractivity contribution >= 4 is 23.1 Å². The molecule has 0 saturated heterocycles. The zero-order chi connectivity index (χ0) is 15.1. The van der Waals surface area contributed by atoms with Crippen molar-refractivity contribution in [3.63, 3.8) is 0 Å². The molecule has 7 heteroatoms. The van der Waals surface area contributed by atoms with Crippen LogP contribution >= 0.6 is 12.2 Å². The summed E-state index contributed by atoms with van der Waals surface area (Å²) in [5.41, 5.74) is 6.72. The number of hydrogen-bond donors (Lipinski definition) is 2. The largest absolute Gasteiger partial charge is 0.393 e. The van der Waals surface area contributed by atoms with Gasteiger partial charge in [0, 0.05) is 12.7 Å². The summed E-state index contributed by atoms with van der Waals surface area (Å²) in [6, 6.07) is 9.68. The van der Waals surface area contributed by atoms with Crippen LogP contribution in [0.2, 0.25) is 0 Å². The van der Waals surface area contributed by atoms with Crippen molar-refractivity contribution in [1.82, 2.24) is 20.3 Å². The molecule has 1 heterocycles. The minimum absolute atomic E-state index is 0.161. The molecule has 0 aliphatic heterocycles. The number of nitrogens with zero attached hydrogens (tertiary/aromatic N) is 3. The van der Waals surface area contributed by atoms with E-state index in [9.17, 15) is 4.79 Å². The lowest BCUT2D eigenvalue weighted by Gasteiger charge is -2.15. The maximum atomic E-state index is 12.2. The lowest BCUT2D eigenvalue weighted by atomic mass is 9.98. The van der Waals surface area contributed by atoms with Gasteiger partial charge in [0.05, 0.1) is 23.6 Å². The first-order valence-corrected chi connectivity index (χ1v) is 7.02. The topological polar surface area (TPSA) is 85.8 Å². The summed E-state index contributed by atoms with van der Waals surface area (Å²) >= 11 is 5.01. The molecule has 1 atom stereocenters. The number of aromatic nitrogens is 3. The summed E-state index contributed by atoms with van der Waals surface area (Å²) in [5, 5.41) is 10.4. The van der Waals surface area contributed by atoms with E-state index in [-0.39, 0.29) is 10.9 Å². The van der Waals surface area contributed by atoms with E-state index in [0.717, 1.165) is 5.56 Å². The zero-order valence-electron chi connectivity index (χ0n) is 11.5. The maximum Gasteiger partial charge on any atom is 0.230 e. The standard InChI is InChI=1S/C14H17N5OS/c15-13(21)12(10-11-4-2-1-3-5-11)14(20)16-6-8-19-9-7-17-18-19/h1-5,7,9,12H,6,8,10H2,(H2,15,21)(H,16,20). The molecule has 0 bridgehead atoms. The lowest BCUT2D eigenvalue weighted by molar-refractivity contribution is -0.123. The Balaban J connectivity index is 1.88. The summed E-state index contributed by atoms with van der Waals surface area (Å²) in [4.78, 5) is 12.4. The number of thiocarbonyl (C=S) groups is 1. The highest BCUT2D eigenvalue weighted by atomic mass is 32.1. The first kappa shape index (κ1) is 15.1. The van der Waals surface area contributed by atoms with Crippen LogP contribution in [0.3, 0.4) is 0 Å². The van der Waals surface area contributed by atoms with Crippen LogP contribution in [0.5, 0.6) is 0 Å². The van der Waals surface area contributed by atoms with Crippen LogP contribution in [0.25, 0.3) is 0 Å². The molecule has 0 spiro atoms. The Bertz CT molecular complexity index is 585. The number of benzene rings is 1. The molecule has 1 aromatic heterocycles. The van der Waals surface area contributed by atoms with Crippen LogP contribution in [0.4, 0.5) is 0 Å². The van der Waals surface area contributed by atoms with E-state index >= 15 is 0 Å². The molecular weight excluding hydrogens is 286 g/mol. The van der Waals surface area contributed by atoms with Gasteiger partial charge < -0.3 is 11.1 Å². The summed E-state index contributed by atoms with van der Waals surface area (Å²) < 4.78 is 1.65. The summed E-state index contributed by atoms with van der Waals surface area (Å²) in [5.74, 6) is -0.662. The molecule has 3 N–H and O–H groups in total. The Morgan fingerprint density at radius 1 is 1.38 bits per heavy atom. The van der Waals surface area contributed by atoms with Gasteiger partial charge in [-0.3, -0.25) is 9.48 Å².